The van der Waals surface area contributed by atoms with E-state index < -0.39 is 20.3 Å². The smallest absolute Gasteiger partial charge is 0.275 e. The Morgan fingerprint density at radius 3 is 2.55 bits per heavy atom. The standard InChI is InChI=1S/C11H11N5O4S2/c12-22(19,20)11-15-14-10(21-11)13-9(17)8(16-18)6-7-4-2-1-3-5-7/h1-5,18H,6H2,(H2,12,19,20)(H,13,14,17)/b16-8+. The van der Waals surface area contributed by atoms with Gasteiger partial charge in [-0.05, 0) is 5.56 Å². The van der Waals surface area contributed by atoms with Crippen LogP contribution in [0.15, 0.2) is 39.8 Å². The van der Waals surface area contributed by atoms with Crippen LogP contribution in [0.5, 0.6) is 0 Å². The highest BCUT2D eigenvalue weighted by atomic mass is 32.2. The average Bonchev–Trinajstić information content (AvgIpc) is 2.94. The van der Waals surface area contributed by atoms with Crippen LogP contribution in [0.25, 0.3) is 0 Å². The summed E-state index contributed by atoms with van der Waals surface area (Å²) in [5.74, 6) is -0.719. The van der Waals surface area contributed by atoms with Crippen molar-refractivity contribution in [3.05, 3.63) is 35.9 Å². The van der Waals surface area contributed by atoms with Gasteiger partial charge in [0.2, 0.25) is 9.47 Å². The number of oxime groups is 1. The van der Waals surface area contributed by atoms with Crippen LogP contribution in [0.3, 0.4) is 0 Å². The summed E-state index contributed by atoms with van der Waals surface area (Å²) >= 11 is 0.599. The Kier molecular flexibility index (Phi) is 4.80. The fraction of sp³-hybridized carbons (Fsp3) is 0.0909. The van der Waals surface area contributed by atoms with E-state index in [2.05, 4.69) is 20.7 Å². The maximum Gasteiger partial charge on any atom is 0.275 e. The molecule has 0 saturated heterocycles. The van der Waals surface area contributed by atoms with Crippen molar-refractivity contribution in [1.82, 2.24) is 10.2 Å². The third-order valence-corrected chi connectivity index (χ3v) is 4.62. The maximum atomic E-state index is 12.0. The van der Waals surface area contributed by atoms with Crippen LogP contribution in [0, 0.1) is 0 Å². The first-order valence-electron chi connectivity index (χ1n) is 5.82. The first-order valence-corrected chi connectivity index (χ1v) is 8.19. The number of aromatic nitrogens is 2. The molecule has 0 radical (unpaired) electrons. The Hall–Kier alpha value is -2.37. The van der Waals surface area contributed by atoms with Gasteiger partial charge < -0.3 is 5.21 Å². The van der Waals surface area contributed by atoms with Crippen LogP contribution >= 0.6 is 11.3 Å². The van der Waals surface area contributed by atoms with Crippen LogP contribution in [-0.2, 0) is 21.2 Å². The molecule has 0 aliphatic rings. The number of rotatable bonds is 5. The van der Waals surface area contributed by atoms with Crippen molar-refractivity contribution >= 4 is 38.1 Å². The normalized spacial score (nSPS) is 12.1. The van der Waals surface area contributed by atoms with Crippen LogP contribution in [-0.4, -0.2) is 35.4 Å². The topological polar surface area (TPSA) is 148 Å². The number of anilines is 1. The summed E-state index contributed by atoms with van der Waals surface area (Å²) < 4.78 is 21.7. The van der Waals surface area contributed by atoms with Gasteiger partial charge in [-0.2, -0.15) is 0 Å². The lowest BCUT2D eigenvalue weighted by Crippen LogP contribution is -2.24. The molecule has 22 heavy (non-hydrogen) atoms. The number of hydrogen-bond donors (Lipinski definition) is 3. The molecule has 116 valence electrons. The monoisotopic (exact) mass is 341 g/mol. The van der Waals surface area contributed by atoms with E-state index in [4.69, 9.17) is 10.3 Å². The summed E-state index contributed by atoms with van der Waals surface area (Å²) in [6.45, 7) is 0. The van der Waals surface area contributed by atoms with Crippen molar-refractivity contribution in [3.63, 3.8) is 0 Å². The number of hydrogen-bond acceptors (Lipinski definition) is 8. The van der Waals surface area contributed by atoms with E-state index in [1.165, 1.54) is 0 Å². The van der Waals surface area contributed by atoms with Crippen molar-refractivity contribution in [2.45, 2.75) is 10.8 Å². The van der Waals surface area contributed by atoms with E-state index in [9.17, 15) is 13.2 Å². The Bertz CT molecular complexity index is 801. The third kappa shape index (κ3) is 4.07. The lowest BCUT2D eigenvalue weighted by Gasteiger charge is -2.03. The molecular weight excluding hydrogens is 330 g/mol. The molecule has 1 aromatic carbocycles. The number of nitrogens with one attached hydrogen (secondary N) is 1. The summed E-state index contributed by atoms with van der Waals surface area (Å²) in [4.78, 5) is 12.0. The van der Waals surface area contributed by atoms with Gasteiger partial charge in [0.1, 0.15) is 5.71 Å². The summed E-state index contributed by atoms with van der Waals surface area (Å²) in [5, 5.41) is 25.9. The van der Waals surface area contributed by atoms with Gasteiger partial charge in [-0.25, -0.2) is 13.6 Å². The Labute approximate surface area is 129 Å². The Morgan fingerprint density at radius 1 is 1.32 bits per heavy atom. The van der Waals surface area contributed by atoms with E-state index in [1.807, 2.05) is 6.07 Å². The fourth-order valence-electron chi connectivity index (χ4n) is 1.49. The molecular formula is C11H11N5O4S2. The lowest BCUT2D eigenvalue weighted by molar-refractivity contribution is -0.110. The van der Waals surface area contributed by atoms with E-state index in [0.717, 1.165) is 5.56 Å². The summed E-state index contributed by atoms with van der Waals surface area (Å²) in [6, 6.07) is 8.91. The zero-order valence-electron chi connectivity index (χ0n) is 11.0. The molecule has 0 aliphatic carbocycles. The highest BCUT2D eigenvalue weighted by Gasteiger charge is 2.19. The number of amides is 1. The number of sulfonamides is 1. The highest BCUT2D eigenvalue weighted by molar-refractivity contribution is 7.91. The van der Waals surface area contributed by atoms with Gasteiger partial charge >= 0.3 is 0 Å². The zero-order valence-corrected chi connectivity index (χ0v) is 12.6. The van der Waals surface area contributed by atoms with E-state index >= 15 is 0 Å². The number of benzene rings is 1. The molecule has 1 amide bonds. The van der Waals surface area contributed by atoms with Gasteiger partial charge in [0, 0.05) is 6.42 Å². The van der Waals surface area contributed by atoms with Gasteiger partial charge in [-0.1, -0.05) is 46.8 Å². The molecule has 1 aromatic heterocycles. The fourth-order valence-corrected chi connectivity index (χ4v) is 2.82. The molecule has 0 aliphatic heterocycles. The number of nitrogens with zero attached hydrogens (tertiary/aromatic N) is 3. The molecule has 2 rings (SSSR count). The van der Waals surface area contributed by atoms with Crippen molar-refractivity contribution in [2.75, 3.05) is 5.32 Å². The molecule has 0 saturated carbocycles. The minimum atomic E-state index is -3.98. The molecule has 4 N–H and O–H groups in total. The summed E-state index contributed by atoms with van der Waals surface area (Å²) in [6.07, 6.45) is 0.101. The van der Waals surface area contributed by atoms with Crippen molar-refractivity contribution in [3.8, 4) is 0 Å². The van der Waals surface area contributed by atoms with Crippen molar-refractivity contribution in [2.24, 2.45) is 10.3 Å². The molecule has 0 fully saturated rings. The average molecular weight is 341 g/mol. The first kappa shape index (κ1) is 16.0. The third-order valence-electron chi connectivity index (χ3n) is 2.47. The first-order chi connectivity index (χ1) is 10.4. The highest BCUT2D eigenvalue weighted by Crippen LogP contribution is 2.18. The zero-order chi connectivity index (χ0) is 16.2. The van der Waals surface area contributed by atoms with Gasteiger partial charge in [-0.15, -0.1) is 10.2 Å². The number of carbonyl (C=O) groups excluding carboxylic acids is 1. The lowest BCUT2D eigenvalue weighted by atomic mass is 10.1. The number of nitrogens with two attached hydrogens (primary N) is 1. The van der Waals surface area contributed by atoms with E-state index in [-0.39, 0.29) is 17.3 Å². The minimum Gasteiger partial charge on any atom is -0.410 e. The van der Waals surface area contributed by atoms with E-state index in [1.54, 1.807) is 24.3 Å². The van der Waals surface area contributed by atoms with Gasteiger partial charge in [0.15, 0.2) is 0 Å². The molecule has 1 heterocycles. The molecule has 0 unspecified atom stereocenters. The van der Waals surface area contributed by atoms with Crippen molar-refractivity contribution < 1.29 is 18.4 Å². The molecule has 0 spiro atoms. The molecule has 2 aromatic rings. The Balaban J connectivity index is 2.09. The molecule has 0 bridgehead atoms. The predicted molar refractivity (Wildman–Crippen MR) is 79.3 cm³/mol. The maximum absolute atomic E-state index is 12.0. The largest absolute Gasteiger partial charge is 0.410 e. The predicted octanol–water partition coefficient (Wildman–Crippen LogP) is 0.197. The van der Waals surface area contributed by atoms with Gasteiger partial charge in [-0.3, -0.25) is 10.1 Å². The summed E-state index contributed by atoms with van der Waals surface area (Å²) in [5.41, 5.74) is 0.617. The van der Waals surface area contributed by atoms with Gasteiger partial charge in [0.05, 0.1) is 0 Å². The van der Waals surface area contributed by atoms with Gasteiger partial charge in [0.25, 0.3) is 15.9 Å². The SMILES string of the molecule is NS(=O)(=O)c1nnc(NC(=O)/C(Cc2ccccc2)=N/O)s1. The molecule has 9 nitrogen and oxygen atoms in total. The number of primary sulfonamides is 1. The second-order valence-electron chi connectivity index (χ2n) is 4.08. The van der Waals surface area contributed by atoms with Crippen LogP contribution in [0.2, 0.25) is 0 Å². The van der Waals surface area contributed by atoms with Crippen LogP contribution in [0.4, 0.5) is 5.13 Å². The summed E-state index contributed by atoms with van der Waals surface area (Å²) in [7, 11) is -3.98. The minimum absolute atomic E-state index is 0.0664. The second kappa shape index (κ2) is 6.60. The Morgan fingerprint density at radius 2 is 2.00 bits per heavy atom. The van der Waals surface area contributed by atoms with Crippen molar-refractivity contribution in [1.29, 1.82) is 0 Å². The quantitative estimate of drug-likeness (QED) is 0.306. The van der Waals surface area contributed by atoms with Crippen LogP contribution in [0.1, 0.15) is 5.56 Å². The van der Waals surface area contributed by atoms with E-state index in [0.29, 0.717) is 11.3 Å². The second-order valence-corrected chi connectivity index (χ2v) is 6.79. The van der Waals surface area contributed by atoms with Crippen LogP contribution < -0.4 is 10.5 Å². The molecule has 11 heteroatoms. The molecule has 0 atom stereocenters. The number of carbonyl (C=O) groups is 1.